The first-order valence-electron chi connectivity index (χ1n) is 9.43. The minimum atomic E-state index is -0.136. The third kappa shape index (κ3) is 4.44. The average molecular weight is 360 g/mol. The summed E-state index contributed by atoms with van der Waals surface area (Å²) in [4.78, 5) is 16.5. The quantitative estimate of drug-likeness (QED) is 0.632. The molecule has 0 bridgehead atoms. The van der Waals surface area contributed by atoms with E-state index < -0.39 is 0 Å². The van der Waals surface area contributed by atoms with Crippen molar-refractivity contribution in [1.82, 2.24) is 15.6 Å². The molecule has 0 unspecified atom stereocenters. The summed E-state index contributed by atoms with van der Waals surface area (Å²) in [6.07, 6.45) is 5.31. The van der Waals surface area contributed by atoms with Gasteiger partial charge in [0.1, 0.15) is 0 Å². The molecule has 1 amide bonds. The molecule has 1 saturated heterocycles. The molecule has 5 heteroatoms. The summed E-state index contributed by atoms with van der Waals surface area (Å²) in [6.45, 7) is 1.45. The number of rotatable bonds is 6. The van der Waals surface area contributed by atoms with Gasteiger partial charge in [0, 0.05) is 42.6 Å². The van der Waals surface area contributed by atoms with Gasteiger partial charge in [-0.1, -0.05) is 36.4 Å². The number of anilines is 1. The lowest BCUT2D eigenvalue weighted by Crippen LogP contribution is -2.41. The fraction of sp³-hybridized carbons (Fsp3) is 0.273. The number of carbonyl (C=O) groups is 1. The van der Waals surface area contributed by atoms with E-state index in [1.54, 1.807) is 6.20 Å². The lowest BCUT2D eigenvalue weighted by molar-refractivity contribution is -0.122. The minimum Gasteiger partial charge on any atom is -0.381 e. The van der Waals surface area contributed by atoms with Crippen molar-refractivity contribution in [3.05, 3.63) is 72.6 Å². The first-order chi connectivity index (χ1) is 13.3. The summed E-state index contributed by atoms with van der Waals surface area (Å²) in [5, 5.41) is 12.2. The molecule has 0 spiro atoms. The van der Waals surface area contributed by atoms with Gasteiger partial charge in [-0.2, -0.15) is 0 Å². The van der Waals surface area contributed by atoms with Gasteiger partial charge >= 0.3 is 0 Å². The number of hydrogen-bond donors (Lipinski definition) is 3. The van der Waals surface area contributed by atoms with E-state index in [0.717, 1.165) is 35.8 Å². The Balaban J connectivity index is 1.27. The van der Waals surface area contributed by atoms with Gasteiger partial charge in [-0.15, -0.1) is 0 Å². The Kier molecular flexibility index (Phi) is 5.30. The van der Waals surface area contributed by atoms with Crippen LogP contribution in [-0.4, -0.2) is 36.1 Å². The van der Waals surface area contributed by atoms with Crippen molar-refractivity contribution in [2.24, 2.45) is 0 Å². The molecule has 3 N–H and O–H groups in total. The summed E-state index contributed by atoms with van der Waals surface area (Å²) in [5.41, 5.74) is 2.31. The second kappa shape index (κ2) is 8.18. The normalized spacial score (nSPS) is 19.1. The van der Waals surface area contributed by atoms with Crippen molar-refractivity contribution in [2.45, 2.75) is 24.9 Å². The fourth-order valence-corrected chi connectivity index (χ4v) is 3.55. The molecule has 3 aromatic rings. The van der Waals surface area contributed by atoms with E-state index in [1.807, 2.05) is 30.5 Å². The summed E-state index contributed by atoms with van der Waals surface area (Å²) < 4.78 is 0. The maximum absolute atomic E-state index is 12.4. The van der Waals surface area contributed by atoms with E-state index in [-0.39, 0.29) is 18.0 Å². The highest BCUT2D eigenvalue weighted by atomic mass is 16.2. The van der Waals surface area contributed by atoms with E-state index >= 15 is 0 Å². The average Bonchev–Trinajstić information content (AvgIpc) is 3.17. The van der Waals surface area contributed by atoms with Crippen LogP contribution in [-0.2, 0) is 11.2 Å². The minimum absolute atomic E-state index is 0.0832. The molecule has 0 radical (unpaired) electrons. The maximum atomic E-state index is 12.4. The van der Waals surface area contributed by atoms with E-state index in [9.17, 15) is 4.79 Å². The van der Waals surface area contributed by atoms with Crippen LogP contribution in [0.2, 0.25) is 0 Å². The molecule has 2 aromatic carbocycles. The first-order valence-corrected chi connectivity index (χ1v) is 9.43. The number of pyridine rings is 1. The molecular formula is C22H24N4O. The molecule has 1 aliphatic heterocycles. The number of benzene rings is 2. The Hall–Kier alpha value is -2.92. The summed E-state index contributed by atoms with van der Waals surface area (Å²) in [6, 6.07) is 18.6. The number of hydrogen-bond acceptors (Lipinski definition) is 4. The molecular weight excluding hydrogens is 336 g/mol. The van der Waals surface area contributed by atoms with Crippen LogP contribution in [0.1, 0.15) is 12.0 Å². The molecule has 138 valence electrons. The van der Waals surface area contributed by atoms with Crippen molar-refractivity contribution in [1.29, 1.82) is 0 Å². The van der Waals surface area contributed by atoms with Crippen LogP contribution in [0, 0.1) is 0 Å². The largest absolute Gasteiger partial charge is 0.381 e. The predicted molar refractivity (Wildman–Crippen MR) is 109 cm³/mol. The Morgan fingerprint density at radius 2 is 2.00 bits per heavy atom. The molecule has 27 heavy (non-hydrogen) atoms. The van der Waals surface area contributed by atoms with Crippen molar-refractivity contribution in [2.75, 3.05) is 18.4 Å². The second-order valence-corrected chi connectivity index (χ2v) is 7.00. The zero-order valence-corrected chi connectivity index (χ0v) is 15.2. The molecule has 5 nitrogen and oxygen atoms in total. The smallest absolute Gasteiger partial charge is 0.237 e. The van der Waals surface area contributed by atoms with E-state index in [4.69, 9.17) is 0 Å². The lowest BCUT2D eigenvalue weighted by atomic mass is 10.1. The molecule has 1 aliphatic rings. The van der Waals surface area contributed by atoms with Crippen LogP contribution >= 0.6 is 0 Å². The second-order valence-electron chi connectivity index (χ2n) is 7.00. The van der Waals surface area contributed by atoms with Gasteiger partial charge in [-0.3, -0.25) is 9.78 Å². The van der Waals surface area contributed by atoms with Crippen LogP contribution in [0.3, 0.4) is 0 Å². The highest BCUT2D eigenvalue weighted by Gasteiger charge is 2.29. The SMILES string of the molecule is O=C(NCCc1ccccc1)[C@@H]1C[C@H](Nc2ccc3cnccc3c2)CN1. The van der Waals surface area contributed by atoms with Gasteiger partial charge < -0.3 is 16.0 Å². The molecule has 1 aromatic heterocycles. The van der Waals surface area contributed by atoms with Crippen LogP contribution in [0.25, 0.3) is 10.8 Å². The van der Waals surface area contributed by atoms with E-state index in [2.05, 4.69) is 51.3 Å². The number of amides is 1. The van der Waals surface area contributed by atoms with Crippen LogP contribution in [0.4, 0.5) is 5.69 Å². The van der Waals surface area contributed by atoms with Crippen LogP contribution in [0.5, 0.6) is 0 Å². The zero-order valence-electron chi connectivity index (χ0n) is 15.2. The zero-order chi connectivity index (χ0) is 18.5. The Morgan fingerprint density at radius 3 is 2.89 bits per heavy atom. The fourth-order valence-electron chi connectivity index (χ4n) is 3.55. The molecule has 0 saturated carbocycles. The van der Waals surface area contributed by atoms with Gasteiger partial charge in [0.05, 0.1) is 6.04 Å². The van der Waals surface area contributed by atoms with Gasteiger partial charge in [0.25, 0.3) is 0 Å². The van der Waals surface area contributed by atoms with Crippen molar-refractivity contribution < 1.29 is 4.79 Å². The Morgan fingerprint density at radius 1 is 1.11 bits per heavy atom. The monoisotopic (exact) mass is 360 g/mol. The maximum Gasteiger partial charge on any atom is 0.237 e. The molecule has 4 rings (SSSR count). The first kappa shape index (κ1) is 17.5. The van der Waals surface area contributed by atoms with Crippen molar-refractivity contribution >= 4 is 22.4 Å². The third-order valence-electron chi connectivity index (χ3n) is 5.01. The Bertz CT molecular complexity index is 912. The van der Waals surface area contributed by atoms with Gasteiger partial charge in [0.15, 0.2) is 0 Å². The summed E-state index contributed by atoms with van der Waals surface area (Å²) in [5.74, 6) is 0.0832. The number of fused-ring (bicyclic) bond motifs is 1. The molecule has 2 heterocycles. The number of nitrogens with zero attached hydrogens (tertiary/aromatic N) is 1. The number of nitrogens with one attached hydrogen (secondary N) is 3. The van der Waals surface area contributed by atoms with Crippen molar-refractivity contribution in [3.8, 4) is 0 Å². The summed E-state index contributed by atoms with van der Waals surface area (Å²) in [7, 11) is 0. The lowest BCUT2D eigenvalue weighted by Gasteiger charge is -2.14. The topological polar surface area (TPSA) is 66.0 Å². The van der Waals surface area contributed by atoms with Gasteiger partial charge in [-0.05, 0) is 42.0 Å². The molecule has 2 atom stereocenters. The highest BCUT2D eigenvalue weighted by molar-refractivity contribution is 5.85. The summed E-state index contributed by atoms with van der Waals surface area (Å²) >= 11 is 0. The van der Waals surface area contributed by atoms with E-state index in [0.29, 0.717) is 6.54 Å². The van der Waals surface area contributed by atoms with E-state index in [1.165, 1.54) is 5.56 Å². The highest BCUT2D eigenvalue weighted by Crippen LogP contribution is 2.20. The molecule has 1 fully saturated rings. The Labute approximate surface area is 159 Å². The van der Waals surface area contributed by atoms with Crippen LogP contribution < -0.4 is 16.0 Å². The predicted octanol–water partition coefficient (Wildman–Crippen LogP) is 2.74. The van der Waals surface area contributed by atoms with Gasteiger partial charge in [0.2, 0.25) is 5.91 Å². The third-order valence-corrected chi connectivity index (χ3v) is 5.01. The standard InChI is InChI=1S/C22H24N4O/c27-22(24-11-8-16-4-2-1-3-5-16)21-13-20(15-25-21)26-19-7-6-18-14-23-10-9-17(18)12-19/h1-7,9-10,12,14,20-21,25-26H,8,11,13,15H2,(H,24,27)/t20-,21-/m0/s1. The van der Waals surface area contributed by atoms with Crippen LogP contribution in [0.15, 0.2) is 67.0 Å². The molecule has 0 aliphatic carbocycles. The number of aromatic nitrogens is 1. The number of carbonyl (C=O) groups excluding carboxylic acids is 1. The van der Waals surface area contributed by atoms with Crippen molar-refractivity contribution in [3.63, 3.8) is 0 Å². The van der Waals surface area contributed by atoms with Gasteiger partial charge in [-0.25, -0.2) is 0 Å².